The average Bonchev–Trinajstić information content (AvgIpc) is 2.86. The van der Waals surface area contributed by atoms with Crippen LogP contribution in [0, 0.1) is 0 Å². The zero-order valence-electron chi connectivity index (χ0n) is 18.3. The van der Waals surface area contributed by atoms with Gasteiger partial charge in [-0.25, -0.2) is 9.78 Å². The zero-order valence-corrected chi connectivity index (χ0v) is 19.9. The zero-order chi connectivity index (χ0) is 24.5. The Morgan fingerprint density at radius 3 is 2.34 bits per heavy atom. The van der Waals surface area contributed by atoms with E-state index in [9.17, 15) is 14.4 Å². The number of nitrogens with two attached hydrogens (primary N) is 2. The lowest BCUT2D eigenvalue weighted by Gasteiger charge is -2.48. The van der Waals surface area contributed by atoms with Gasteiger partial charge in [0.25, 0.3) is 5.56 Å². The molecule has 11 heteroatoms. The lowest BCUT2D eigenvalue weighted by atomic mass is 10.0. The van der Waals surface area contributed by atoms with Crippen molar-refractivity contribution >= 4 is 41.3 Å². The van der Waals surface area contributed by atoms with Crippen molar-refractivity contribution in [3.63, 3.8) is 0 Å². The summed E-state index contributed by atoms with van der Waals surface area (Å²) in [5, 5.41) is -0.0518. The number of carbonyl (C=O) groups excluding carboxylic acids is 2. The number of nitrogens with one attached hydrogen (secondary N) is 1. The number of rotatable bonds is 6. The molecule has 0 spiro atoms. The smallest absolute Gasteiger partial charge is 0.356 e. The van der Waals surface area contributed by atoms with Gasteiger partial charge in [-0.1, -0.05) is 72.4 Å². The first-order valence-electron chi connectivity index (χ1n) is 10.7. The van der Waals surface area contributed by atoms with Crippen LogP contribution in [-0.4, -0.2) is 43.9 Å². The van der Waals surface area contributed by atoms with E-state index in [4.69, 9.17) is 16.2 Å². The Kier molecular flexibility index (Phi) is 6.37. The number of aromatic amines is 1. The third kappa shape index (κ3) is 4.57. The van der Waals surface area contributed by atoms with Crippen molar-refractivity contribution in [2.45, 2.75) is 22.5 Å². The predicted octanol–water partition coefficient (Wildman–Crippen LogP) is 2.23. The number of hydrogen-bond acceptors (Lipinski definition) is 9. The first-order chi connectivity index (χ1) is 16.9. The number of anilines is 1. The fourth-order valence-corrected chi connectivity index (χ4v) is 6.36. The summed E-state index contributed by atoms with van der Waals surface area (Å²) in [6, 6.07) is 19.3. The highest BCUT2D eigenvalue weighted by Crippen LogP contribution is 2.45. The van der Waals surface area contributed by atoms with Crippen molar-refractivity contribution in [2.24, 2.45) is 5.73 Å². The SMILES string of the molecule is Nc1nc(SC2=C(C(=O)OC(c3ccccc3)c3ccccc3)N3C(=O)C(N)C3SC2)cc(=O)[nH]1. The molecule has 2 aromatic carbocycles. The molecule has 35 heavy (non-hydrogen) atoms. The summed E-state index contributed by atoms with van der Waals surface area (Å²) in [5.41, 5.74) is 13.0. The summed E-state index contributed by atoms with van der Waals surface area (Å²) in [6.45, 7) is 0. The normalized spacial score (nSPS) is 19.4. The number of hydrogen-bond donors (Lipinski definition) is 3. The van der Waals surface area contributed by atoms with E-state index in [-0.39, 0.29) is 22.9 Å². The summed E-state index contributed by atoms with van der Waals surface area (Å²) in [7, 11) is 0. The van der Waals surface area contributed by atoms with Crippen LogP contribution in [0.1, 0.15) is 17.2 Å². The van der Waals surface area contributed by atoms with Gasteiger partial charge in [0.2, 0.25) is 11.9 Å². The minimum atomic E-state index is -0.693. The second kappa shape index (κ2) is 9.61. The fourth-order valence-electron chi connectivity index (χ4n) is 3.93. The highest BCUT2D eigenvalue weighted by Gasteiger charge is 2.52. The van der Waals surface area contributed by atoms with Crippen LogP contribution in [0.3, 0.4) is 0 Å². The molecule has 0 aliphatic carbocycles. The largest absolute Gasteiger partial charge is 0.448 e. The molecule has 2 aliphatic rings. The molecule has 5 N–H and O–H groups in total. The Bertz CT molecular complexity index is 1320. The molecule has 2 atom stereocenters. The topological polar surface area (TPSA) is 144 Å². The Balaban J connectivity index is 1.53. The molecule has 5 rings (SSSR count). The number of esters is 1. The Hall–Kier alpha value is -3.54. The fraction of sp³-hybridized carbons (Fsp3) is 0.167. The number of β-lactam (4-membered cyclic amide) rings is 1. The first kappa shape index (κ1) is 23.2. The van der Waals surface area contributed by atoms with Crippen LogP contribution in [0.25, 0.3) is 0 Å². The van der Waals surface area contributed by atoms with E-state index in [1.54, 1.807) is 0 Å². The van der Waals surface area contributed by atoms with Crippen LogP contribution in [0.2, 0.25) is 0 Å². The van der Waals surface area contributed by atoms with E-state index in [1.807, 2.05) is 60.7 Å². The van der Waals surface area contributed by atoms with Gasteiger partial charge in [0, 0.05) is 16.7 Å². The summed E-state index contributed by atoms with van der Waals surface area (Å²) in [5.74, 6) is -0.663. The number of carbonyl (C=O) groups is 2. The number of amides is 1. The maximum Gasteiger partial charge on any atom is 0.356 e. The molecule has 178 valence electrons. The second-order valence-electron chi connectivity index (χ2n) is 7.89. The lowest BCUT2D eigenvalue weighted by Crippen LogP contribution is -2.68. The highest BCUT2D eigenvalue weighted by atomic mass is 32.2. The van der Waals surface area contributed by atoms with Gasteiger partial charge in [0.15, 0.2) is 6.10 Å². The Morgan fingerprint density at radius 2 is 1.74 bits per heavy atom. The van der Waals surface area contributed by atoms with E-state index in [1.165, 1.54) is 22.7 Å². The number of ether oxygens (including phenoxy) is 1. The number of fused-ring (bicyclic) bond motifs is 1. The molecule has 1 saturated heterocycles. The Labute approximate surface area is 208 Å². The molecular formula is C24H21N5O4S2. The second-order valence-corrected chi connectivity index (χ2v) is 10.1. The molecule has 3 aromatic rings. The minimum Gasteiger partial charge on any atom is -0.448 e. The van der Waals surface area contributed by atoms with Gasteiger partial charge in [-0.15, -0.1) is 11.8 Å². The van der Waals surface area contributed by atoms with Gasteiger partial charge in [-0.05, 0) is 11.1 Å². The number of nitrogen functional groups attached to an aromatic ring is 1. The number of benzene rings is 2. The predicted molar refractivity (Wildman–Crippen MR) is 134 cm³/mol. The summed E-state index contributed by atoms with van der Waals surface area (Å²) < 4.78 is 6.05. The van der Waals surface area contributed by atoms with E-state index < -0.39 is 23.7 Å². The van der Waals surface area contributed by atoms with Crippen molar-refractivity contribution in [3.8, 4) is 0 Å². The number of thioether (sulfide) groups is 2. The van der Waals surface area contributed by atoms with Crippen molar-refractivity contribution < 1.29 is 14.3 Å². The molecular weight excluding hydrogens is 486 g/mol. The van der Waals surface area contributed by atoms with Gasteiger partial charge in [0.1, 0.15) is 22.1 Å². The van der Waals surface area contributed by atoms with Crippen LogP contribution >= 0.6 is 23.5 Å². The summed E-state index contributed by atoms with van der Waals surface area (Å²) >= 11 is 2.55. The standard InChI is InChI=1S/C24H21N5O4S2/c25-18-21(31)29-19(15(12-34-22(18)29)35-17-11-16(30)27-24(26)28-17)23(32)33-20(13-7-3-1-4-8-13)14-9-5-2-6-10-14/h1-11,18,20,22H,12,25H2,(H3,26,27,28,30). The van der Waals surface area contributed by atoms with Gasteiger partial charge in [-0.3, -0.25) is 19.5 Å². The molecule has 0 bridgehead atoms. The highest BCUT2D eigenvalue weighted by molar-refractivity contribution is 8.06. The van der Waals surface area contributed by atoms with Crippen LogP contribution in [0.15, 0.2) is 87.2 Å². The molecule has 2 aliphatic heterocycles. The number of H-pyrrole nitrogens is 1. The molecule has 0 radical (unpaired) electrons. The summed E-state index contributed by atoms with van der Waals surface area (Å²) in [4.78, 5) is 46.7. The maximum atomic E-state index is 13.7. The van der Waals surface area contributed by atoms with Crippen molar-refractivity contribution in [1.29, 1.82) is 0 Å². The van der Waals surface area contributed by atoms with Gasteiger partial charge in [-0.2, -0.15) is 0 Å². The maximum absolute atomic E-state index is 13.7. The third-order valence-corrected chi connectivity index (χ3v) is 8.05. The van der Waals surface area contributed by atoms with Gasteiger partial charge in [0.05, 0.1) is 0 Å². The third-order valence-electron chi connectivity index (χ3n) is 5.56. The molecule has 0 saturated carbocycles. The van der Waals surface area contributed by atoms with Crippen molar-refractivity contribution in [2.75, 3.05) is 11.5 Å². The van der Waals surface area contributed by atoms with E-state index >= 15 is 0 Å². The van der Waals surface area contributed by atoms with Crippen LogP contribution in [0.5, 0.6) is 0 Å². The lowest BCUT2D eigenvalue weighted by molar-refractivity contribution is -0.152. The van der Waals surface area contributed by atoms with Crippen molar-refractivity contribution in [3.05, 3.63) is 98.8 Å². The van der Waals surface area contributed by atoms with Crippen LogP contribution in [0.4, 0.5) is 5.95 Å². The average molecular weight is 508 g/mol. The van der Waals surface area contributed by atoms with Crippen LogP contribution < -0.4 is 17.0 Å². The summed E-state index contributed by atoms with van der Waals surface area (Å²) in [6.07, 6.45) is -0.685. The molecule has 3 heterocycles. The number of aromatic nitrogens is 2. The molecule has 9 nitrogen and oxygen atoms in total. The van der Waals surface area contributed by atoms with E-state index in [0.29, 0.717) is 15.7 Å². The minimum absolute atomic E-state index is 0.0404. The van der Waals surface area contributed by atoms with E-state index in [0.717, 1.165) is 22.9 Å². The van der Waals surface area contributed by atoms with Crippen LogP contribution in [-0.2, 0) is 14.3 Å². The molecule has 1 fully saturated rings. The molecule has 1 amide bonds. The van der Waals surface area contributed by atoms with Gasteiger partial charge >= 0.3 is 5.97 Å². The molecule has 1 aromatic heterocycles. The van der Waals surface area contributed by atoms with Crippen molar-refractivity contribution in [1.82, 2.24) is 14.9 Å². The van der Waals surface area contributed by atoms with Gasteiger partial charge < -0.3 is 16.2 Å². The first-order valence-corrected chi connectivity index (χ1v) is 12.6. The van der Waals surface area contributed by atoms with E-state index in [2.05, 4.69) is 9.97 Å². The Morgan fingerprint density at radius 1 is 1.11 bits per heavy atom. The molecule has 2 unspecified atom stereocenters. The monoisotopic (exact) mass is 507 g/mol. The number of nitrogens with zero attached hydrogens (tertiary/aromatic N) is 2. The quantitative estimate of drug-likeness (QED) is 0.260.